The Hall–Kier alpha value is -0.850. The van der Waals surface area contributed by atoms with Crippen LogP contribution >= 0.6 is 22.3 Å². The summed E-state index contributed by atoms with van der Waals surface area (Å²) in [6.45, 7) is 2.76. The van der Waals surface area contributed by atoms with Crippen LogP contribution in [0, 0.1) is 0 Å². The molecule has 1 unspecified atom stereocenters. The van der Waals surface area contributed by atoms with Crippen LogP contribution < -0.4 is 0 Å². The van der Waals surface area contributed by atoms with Crippen LogP contribution in [-0.2, 0) is 18.6 Å². The standard InChI is InChI=1S/C9H9Cl2NO4S/c1-5(16-6(2)13)9-7(10)3-4-8(12-9)17(11,14)15/h3-5H,1-2H3. The molecule has 0 amide bonds. The maximum absolute atomic E-state index is 11.1. The van der Waals surface area contributed by atoms with Crippen LogP contribution in [0.1, 0.15) is 25.6 Å². The first-order chi connectivity index (χ1) is 7.71. The first-order valence-electron chi connectivity index (χ1n) is 4.50. The normalized spacial score (nSPS) is 13.2. The van der Waals surface area contributed by atoms with Crippen molar-refractivity contribution in [2.45, 2.75) is 25.0 Å². The van der Waals surface area contributed by atoms with E-state index in [1.165, 1.54) is 26.0 Å². The first-order valence-corrected chi connectivity index (χ1v) is 7.19. The molecule has 0 aromatic carbocycles. The number of ether oxygens (including phenoxy) is 1. The lowest BCUT2D eigenvalue weighted by molar-refractivity contribution is -0.146. The van der Waals surface area contributed by atoms with Gasteiger partial charge in [0.05, 0.1) is 5.02 Å². The van der Waals surface area contributed by atoms with Crippen LogP contribution in [0.4, 0.5) is 0 Å². The van der Waals surface area contributed by atoms with Crippen LogP contribution in [0.15, 0.2) is 17.2 Å². The Balaban J connectivity index is 3.19. The number of rotatable bonds is 3. The van der Waals surface area contributed by atoms with Gasteiger partial charge in [-0.3, -0.25) is 4.79 Å². The Kier molecular flexibility index (Phi) is 4.35. The number of nitrogens with zero attached hydrogens (tertiary/aromatic N) is 1. The zero-order valence-electron chi connectivity index (χ0n) is 8.98. The molecule has 1 heterocycles. The molecule has 0 aliphatic heterocycles. The van der Waals surface area contributed by atoms with E-state index in [1.807, 2.05) is 0 Å². The van der Waals surface area contributed by atoms with Crippen molar-refractivity contribution >= 4 is 37.3 Å². The van der Waals surface area contributed by atoms with Crippen molar-refractivity contribution in [1.82, 2.24) is 4.98 Å². The lowest BCUT2D eigenvalue weighted by Crippen LogP contribution is -2.09. The molecule has 0 aliphatic rings. The summed E-state index contributed by atoms with van der Waals surface area (Å²) in [6, 6.07) is 2.51. The van der Waals surface area contributed by atoms with E-state index in [0.717, 1.165) is 0 Å². The summed E-state index contributed by atoms with van der Waals surface area (Å²) in [5, 5.41) is -0.139. The van der Waals surface area contributed by atoms with Gasteiger partial charge in [-0.2, -0.15) is 0 Å². The molecule has 94 valence electrons. The molecule has 0 N–H and O–H groups in total. The van der Waals surface area contributed by atoms with Gasteiger partial charge in [0.1, 0.15) is 11.8 Å². The Labute approximate surface area is 108 Å². The van der Waals surface area contributed by atoms with Gasteiger partial charge in [-0.05, 0) is 19.1 Å². The molecule has 0 bridgehead atoms. The molecule has 17 heavy (non-hydrogen) atoms. The average Bonchev–Trinajstić information content (AvgIpc) is 2.15. The van der Waals surface area contributed by atoms with Gasteiger partial charge < -0.3 is 4.74 Å². The minimum atomic E-state index is -3.94. The summed E-state index contributed by atoms with van der Waals surface area (Å²) >= 11 is 5.83. The molecule has 1 atom stereocenters. The molecule has 1 aromatic rings. The predicted octanol–water partition coefficient (Wildman–Crippen LogP) is 2.29. The Morgan fingerprint density at radius 1 is 1.47 bits per heavy atom. The van der Waals surface area contributed by atoms with Gasteiger partial charge >= 0.3 is 5.97 Å². The second kappa shape index (κ2) is 5.20. The van der Waals surface area contributed by atoms with Gasteiger partial charge in [0, 0.05) is 17.6 Å². The highest BCUT2D eigenvalue weighted by Gasteiger charge is 2.19. The molecular weight excluding hydrogens is 289 g/mol. The molecule has 0 spiro atoms. The fraction of sp³-hybridized carbons (Fsp3) is 0.333. The average molecular weight is 298 g/mol. The predicted molar refractivity (Wildman–Crippen MR) is 62.5 cm³/mol. The summed E-state index contributed by atoms with van der Waals surface area (Å²) in [5.41, 5.74) is 0.142. The molecule has 0 saturated heterocycles. The molecular formula is C9H9Cl2NO4S. The molecule has 8 heteroatoms. The second-order valence-corrected chi connectivity index (χ2v) is 6.13. The summed E-state index contributed by atoms with van der Waals surface area (Å²) < 4.78 is 27.0. The van der Waals surface area contributed by atoms with Crippen LogP contribution in [-0.4, -0.2) is 19.4 Å². The van der Waals surface area contributed by atoms with Crippen LogP contribution in [0.25, 0.3) is 0 Å². The Bertz CT molecular complexity index is 544. The fourth-order valence-electron chi connectivity index (χ4n) is 1.16. The summed E-state index contributed by atoms with van der Waals surface area (Å²) in [5.74, 6) is -0.519. The van der Waals surface area contributed by atoms with E-state index in [-0.39, 0.29) is 15.7 Å². The maximum atomic E-state index is 11.1. The van der Waals surface area contributed by atoms with Crippen molar-refractivity contribution in [3.63, 3.8) is 0 Å². The minimum Gasteiger partial charge on any atom is -0.456 e. The third-order valence-electron chi connectivity index (χ3n) is 1.83. The molecule has 5 nitrogen and oxygen atoms in total. The monoisotopic (exact) mass is 297 g/mol. The van der Waals surface area contributed by atoms with Gasteiger partial charge in [-0.15, -0.1) is 0 Å². The van der Waals surface area contributed by atoms with Gasteiger partial charge in [0.15, 0.2) is 5.03 Å². The van der Waals surface area contributed by atoms with Gasteiger partial charge in [0.25, 0.3) is 9.05 Å². The molecule has 1 rings (SSSR count). The van der Waals surface area contributed by atoms with Crippen molar-refractivity contribution < 1.29 is 17.9 Å². The van der Waals surface area contributed by atoms with Crippen molar-refractivity contribution in [2.75, 3.05) is 0 Å². The third-order valence-corrected chi connectivity index (χ3v) is 3.35. The number of esters is 1. The van der Waals surface area contributed by atoms with Crippen LogP contribution in [0.3, 0.4) is 0 Å². The van der Waals surface area contributed by atoms with E-state index >= 15 is 0 Å². The maximum Gasteiger partial charge on any atom is 0.303 e. The summed E-state index contributed by atoms with van der Waals surface area (Å²) in [7, 11) is 1.21. The van der Waals surface area contributed by atoms with E-state index in [0.29, 0.717) is 0 Å². The first kappa shape index (κ1) is 14.2. The molecule has 0 aliphatic carbocycles. The number of carbonyl (C=O) groups is 1. The lowest BCUT2D eigenvalue weighted by atomic mass is 10.2. The molecule has 0 fully saturated rings. The quantitative estimate of drug-likeness (QED) is 0.632. The highest BCUT2D eigenvalue weighted by atomic mass is 35.7. The van der Waals surface area contributed by atoms with E-state index in [2.05, 4.69) is 4.98 Å². The van der Waals surface area contributed by atoms with E-state index < -0.39 is 21.1 Å². The number of halogens is 2. The Morgan fingerprint density at radius 2 is 2.06 bits per heavy atom. The second-order valence-electron chi connectivity index (χ2n) is 3.21. The largest absolute Gasteiger partial charge is 0.456 e. The summed E-state index contributed by atoms with van der Waals surface area (Å²) in [6.07, 6.45) is -0.752. The van der Waals surface area contributed by atoms with Gasteiger partial charge in [-0.1, -0.05) is 11.6 Å². The smallest absolute Gasteiger partial charge is 0.303 e. The van der Waals surface area contributed by atoms with Gasteiger partial charge in [-0.25, -0.2) is 13.4 Å². The fourth-order valence-corrected chi connectivity index (χ4v) is 2.12. The van der Waals surface area contributed by atoms with E-state index in [4.69, 9.17) is 27.0 Å². The van der Waals surface area contributed by atoms with Crippen molar-refractivity contribution in [1.29, 1.82) is 0 Å². The van der Waals surface area contributed by atoms with Crippen molar-refractivity contribution in [3.05, 3.63) is 22.8 Å². The molecule has 0 radical (unpaired) electrons. The third kappa shape index (κ3) is 3.83. The number of aromatic nitrogens is 1. The number of hydrogen-bond donors (Lipinski definition) is 0. The van der Waals surface area contributed by atoms with E-state index in [9.17, 15) is 13.2 Å². The van der Waals surface area contributed by atoms with Crippen LogP contribution in [0.2, 0.25) is 5.02 Å². The number of carbonyl (C=O) groups excluding carboxylic acids is 1. The molecule has 0 saturated carbocycles. The van der Waals surface area contributed by atoms with Crippen molar-refractivity contribution in [2.24, 2.45) is 0 Å². The van der Waals surface area contributed by atoms with Crippen molar-refractivity contribution in [3.8, 4) is 0 Å². The lowest BCUT2D eigenvalue weighted by Gasteiger charge is -2.13. The zero-order chi connectivity index (χ0) is 13.2. The number of hydrogen-bond acceptors (Lipinski definition) is 5. The van der Waals surface area contributed by atoms with E-state index in [1.54, 1.807) is 0 Å². The highest BCUT2D eigenvalue weighted by molar-refractivity contribution is 8.13. The highest BCUT2D eigenvalue weighted by Crippen LogP contribution is 2.26. The minimum absolute atomic E-state index is 0.142. The van der Waals surface area contributed by atoms with Gasteiger partial charge in [0.2, 0.25) is 0 Å². The Morgan fingerprint density at radius 3 is 2.53 bits per heavy atom. The topological polar surface area (TPSA) is 73.3 Å². The summed E-state index contributed by atoms with van der Waals surface area (Å²) in [4.78, 5) is 14.6. The van der Waals surface area contributed by atoms with Crippen LogP contribution in [0.5, 0.6) is 0 Å². The zero-order valence-corrected chi connectivity index (χ0v) is 11.3. The SMILES string of the molecule is CC(=O)OC(C)c1nc(S(=O)(=O)Cl)ccc1Cl. The number of pyridine rings is 1. The molecule has 1 aromatic heterocycles.